The Kier molecular flexibility index (Phi) is 5.12. The smallest absolute Gasteiger partial charge is 0.339 e. The molecular weight excluding hydrogens is 309 g/mol. The number of nitrogens with one attached hydrogen (secondary N) is 1. The second-order valence-electron chi connectivity index (χ2n) is 4.35. The molecule has 2 rings (SSSR count). The zero-order valence-corrected chi connectivity index (χ0v) is 12.5. The Hall–Kier alpha value is -2.40. The van der Waals surface area contributed by atoms with Crippen molar-refractivity contribution < 1.29 is 18.7 Å². The molecule has 0 atom stereocenters. The fourth-order valence-electron chi connectivity index (χ4n) is 1.81. The average Bonchev–Trinajstić information content (AvgIpc) is 2.49. The Bertz CT molecular complexity index is 718. The zero-order valence-electron chi connectivity index (χ0n) is 11.7. The molecule has 1 N–H and O–H groups in total. The van der Waals surface area contributed by atoms with Gasteiger partial charge in [0, 0.05) is 5.69 Å². The summed E-state index contributed by atoms with van der Waals surface area (Å²) < 4.78 is 18.4. The third-order valence-electron chi connectivity index (χ3n) is 2.84. The molecule has 0 fully saturated rings. The highest BCUT2D eigenvalue weighted by molar-refractivity contribution is 6.33. The molecule has 0 saturated heterocycles. The van der Waals surface area contributed by atoms with Crippen molar-refractivity contribution in [1.82, 2.24) is 0 Å². The summed E-state index contributed by atoms with van der Waals surface area (Å²) in [6.07, 6.45) is 0. The number of hydrogen-bond donors (Lipinski definition) is 1. The van der Waals surface area contributed by atoms with Crippen LogP contribution < -0.4 is 5.32 Å². The first-order valence-electron chi connectivity index (χ1n) is 6.55. The van der Waals surface area contributed by atoms with Crippen LogP contribution in [0, 0.1) is 5.82 Å². The Labute approximate surface area is 131 Å². The second kappa shape index (κ2) is 7.04. The van der Waals surface area contributed by atoms with Crippen LogP contribution in [0.25, 0.3) is 0 Å². The predicted molar refractivity (Wildman–Crippen MR) is 81.8 cm³/mol. The van der Waals surface area contributed by atoms with E-state index in [0.717, 1.165) is 0 Å². The van der Waals surface area contributed by atoms with E-state index in [0.29, 0.717) is 5.69 Å². The Balaban J connectivity index is 2.23. The van der Waals surface area contributed by atoms with Crippen molar-refractivity contribution >= 4 is 29.2 Å². The molecule has 0 aromatic heterocycles. The van der Waals surface area contributed by atoms with Crippen LogP contribution in [-0.4, -0.2) is 18.5 Å². The Morgan fingerprint density at radius 2 is 1.91 bits per heavy atom. The topological polar surface area (TPSA) is 55.4 Å². The summed E-state index contributed by atoms with van der Waals surface area (Å²) >= 11 is 5.93. The van der Waals surface area contributed by atoms with Gasteiger partial charge in [-0.2, -0.15) is 0 Å². The van der Waals surface area contributed by atoms with Crippen molar-refractivity contribution in [2.45, 2.75) is 6.92 Å². The Morgan fingerprint density at radius 1 is 1.18 bits per heavy atom. The van der Waals surface area contributed by atoms with Crippen molar-refractivity contribution in [3.63, 3.8) is 0 Å². The van der Waals surface area contributed by atoms with Gasteiger partial charge in [0.1, 0.15) is 5.82 Å². The van der Waals surface area contributed by atoms with Crippen LogP contribution in [0.3, 0.4) is 0 Å². The molecule has 114 valence electrons. The number of amides is 1. The summed E-state index contributed by atoms with van der Waals surface area (Å²) in [7, 11) is 0. The monoisotopic (exact) mass is 321 g/mol. The number of ether oxygens (including phenoxy) is 1. The maximum Gasteiger partial charge on any atom is 0.339 e. The summed E-state index contributed by atoms with van der Waals surface area (Å²) in [5.74, 6) is -1.83. The summed E-state index contributed by atoms with van der Waals surface area (Å²) in [4.78, 5) is 23.8. The van der Waals surface area contributed by atoms with Crippen molar-refractivity contribution in [3.05, 3.63) is 64.4 Å². The van der Waals surface area contributed by atoms with E-state index in [-0.39, 0.29) is 22.8 Å². The molecule has 22 heavy (non-hydrogen) atoms. The number of carbonyl (C=O) groups is 2. The molecule has 0 aliphatic rings. The quantitative estimate of drug-likeness (QED) is 0.869. The first-order valence-corrected chi connectivity index (χ1v) is 6.93. The van der Waals surface area contributed by atoms with Gasteiger partial charge in [0.05, 0.1) is 22.8 Å². The lowest BCUT2D eigenvalue weighted by molar-refractivity contribution is 0.0526. The van der Waals surface area contributed by atoms with Gasteiger partial charge in [0.25, 0.3) is 5.91 Å². The van der Waals surface area contributed by atoms with Crippen molar-refractivity contribution in [2.75, 3.05) is 11.9 Å². The SMILES string of the molecule is CCOC(=O)c1cc(NC(=O)c2ccccc2F)ccc1Cl. The van der Waals surface area contributed by atoms with E-state index in [1.54, 1.807) is 13.0 Å². The van der Waals surface area contributed by atoms with Crippen molar-refractivity contribution in [2.24, 2.45) is 0 Å². The van der Waals surface area contributed by atoms with Crippen LogP contribution in [-0.2, 0) is 4.74 Å². The summed E-state index contributed by atoms with van der Waals surface area (Å²) in [5, 5.41) is 2.73. The molecule has 0 spiro atoms. The molecule has 0 heterocycles. The van der Waals surface area contributed by atoms with Crippen molar-refractivity contribution in [3.8, 4) is 0 Å². The third-order valence-corrected chi connectivity index (χ3v) is 3.17. The number of esters is 1. The highest BCUT2D eigenvalue weighted by atomic mass is 35.5. The molecule has 6 heteroatoms. The number of hydrogen-bond acceptors (Lipinski definition) is 3. The van der Waals surface area contributed by atoms with Crippen LogP contribution in [0.4, 0.5) is 10.1 Å². The fraction of sp³-hybridized carbons (Fsp3) is 0.125. The lowest BCUT2D eigenvalue weighted by Gasteiger charge is -2.09. The fourth-order valence-corrected chi connectivity index (χ4v) is 2.01. The van der Waals surface area contributed by atoms with Gasteiger partial charge in [0.15, 0.2) is 0 Å². The van der Waals surface area contributed by atoms with Crippen LogP contribution in [0.1, 0.15) is 27.6 Å². The minimum atomic E-state index is -0.625. The molecule has 0 radical (unpaired) electrons. The Morgan fingerprint density at radius 3 is 2.59 bits per heavy atom. The largest absolute Gasteiger partial charge is 0.462 e. The minimum absolute atomic E-state index is 0.0878. The van der Waals surface area contributed by atoms with E-state index in [4.69, 9.17) is 16.3 Å². The second-order valence-corrected chi connectivity index (χ2v) is 4.76. The molecule has 0 bridgehead atoms. The number of carbonyl (C=O) groups excluding carboxylic acids is 2. The minimum Gasteiger partial charge on any atom is -0.462 e. The summed E-state index contributed by atoms with van der Waals surface area (Å²) in [6.45, 7) is 1.89. The lowest BCUT2D eigenvalue weighted by atomic mass is 10.1. The van der Waals surface area contributed by atoms with E-state index >= 15 is 0 Å². The first kappa shape index (κ1) is 16.0. The van der Waals surface area contributed by atoms with Crippen LogP contribution in [0.2, 0.25) is 5.02 Å². The van der Waals surface area contributed by atoms with E-state index in [1.165, 1.54) is 36.4 Å². The number of anilines is 1. The van der Waals surface area contributed by atoms with Crippen LogP contribution in [0.15, 0.2) is 42.5 Å². The maximum absolute atomic E-state index is 13.6. The number of halogens is 2. The van der Waals surface area contributed by atoms with Gasteiger partial charge in [-0.15, -0.1) is 0 Å². The van der Waals surface area contributed by atoms with Gasteiger partial charge < -0.3 is 10.1 Å². The summed E-state index contributed by atoms with van der Waals surface area (Å²) in [6, 6.07) is 9.98. The molecule has 4 nitrogen and oxygen atoms in total. The number of rotatable bonds is 4. The first-order chi connectivity index (χ1) is 10.5. The third kappa shape index (κ3) is 3.62. The van der Waals surface area contributed by atoms with Gasteiger partial charge in [-0.25, -0.2) is 9.18 Å². The predicted octanol–water partition coefficient (Wildman–Crippen LogP) is 3.91. The van der Waals surface area contributed by atoms with Gasteiger partial charge in [0.2, 0.25) is 0 Å². The van der Waals surface area contributed by atoms with Crippen LogP contribution >= 0.6 is 11.6 Å². The highest BCUT2D eigenvalue weighted by Gasteiger charge is 2.15. The zero-order chi connectivity index (χ0) is 16.1. The highest BCUT2D eigenvalue weighted by Crippen LogP contribution is 2.22. The molecule has 2 aromatic rings. The molecule has 2 aromatic carbocycles. The lowest BCUT2D eigenvalue weighted by Crippen LogP contribution is -2.14. The van der Waals surface area contributed by atoms with Gasteiger partial charge in [-0.3, -0.25) is 4.79 Å². The molecule has 0 saturated carbocycles. The average molecular weight is 322 g/mol. The molecule has 0 unspecified atom stereocenters. The number of benzene rings is 2. The molecule has 1 amide bonds. The van der Waals surface area contributed by atoms with Gasteiger partial charge >= 0.3 is 5.97 Å². The van der Waals surface area contributed by atoms with Crippen LogP contribution in [0.5, 0.6) is 0 Å². The molecular formula is C16H13ClFNO3. The summed E-state index contributed by atoms with van der Waals surface area (Å²) in [5.41, 5.74) is 0.366. The molecule has 0 aliphatic carbocycles. The van der Waals surface area contributed by atoms with E-state index in [1.807, 2.05) is 0 Å². The molecule has 0 aliphatic heterocycles. The van der Waals surface area contributed by atoms with E-state index in [2.05, 4.69) is 5.32 Å². The van der Waals surface area contributed by atoms with Gasteiger partial charge in [-0.1, -0.05) is 23.7 Å². The van der Waals surface area contributed by atoms with E-state index in [9.17, 15) is 14.0 Å². The maximum atomic E-state index is 13.6. The standard InChI is InChI=1S/C16H13ClFNO3/c1-2-22-16(21)12-9-10(7-8-13(12)17)19-15(20)11-5-3-4-6-14(11)18/h3-9H,2H2,1H3,(H,19,20). The van der Waals surface area contributed by atoms with Gasteiger partial charge in [-0.05, 0) is 37.3 Å². The normalized spacial score (nSPS) is 10.1. The van der Waals surface area contributed by atoms with Crippen molar-refractivity contribution in [1.29, 1.82) is 0 Å². The van der Waals surface area contributed by atoms with E-state index < -0.39 is 17.7 Å².